The Bertz CT molecular complexity index is 705. The zero-order valence-corrected chi connectivity index (χ0v) is 11.4. The summed E-state index contributed by atoms with van der Waals surface area (Å²) < 4.78 is 0.819. The third kappa shape index (κ3) is 2.72. The lowest BCUT2D eigenvalue weighted by molar-refractivity contribution is -0.127. The minimum Gasteiger partial charge on any atom is -0.300 e. The van der Waals surface area contributed by atoms with Crippen LogP contribution in [0.3, 0.4) is 0 Å². The van der Waals surface area contributed by atoms with Gasteiger partial charge in [-0.15, -0.1) is 0 Å². The fourth-order valence-corrected chi connectivity index (χ4v) is 2.65. The molecule has 0 bridgehead atoms. The number of carbonyl (C=O) groups excluding carboxylic acids is 2. The molecule has 1 aromatic carbocycles. The first kappa shape index (κ1) is 13.5. The zero-order valence-electron chi connectivity index (χ0n) is 9.81. The number of nitrogens with zero attached hydrogens (tertiary/aromatic N) is 2. The van der Waals surface area contributed by atoms with Crippen LogP contribution in [0.5, 0.6) is 0 Å². The number of carbonyl (C=O) groups is 2. The highest BCUT2D eigenvalue weighted by Crippen LogP contribution is 2.30. The van der Waals surface area contributed by atoms with Gasteiger partial charge in [-0.3, -0.25) is 9.59 Å². The summed E-state index contributed by atoms with van der Waals surface area (Å²) in [5.74, 6) is -2.49. The second kappa shape index (κ2) is 5.34. The summed E-state index contributed by atoms with van der Waals surface area (Å²) in [4.78, 5) is 27.0. The van der Waals surface area contributed by atoms with E-state index in [9.17, 15) is 9.59 Å². The minimum absolute atomic E-state index is 0.314. The number of hydrogen-bond donors (Lipinski definition) is 1. The lowest BCUT2D eigenvalue weighted by atomic mass is 10.1. The number of benzene rings is 1. The molecule has 1 unspecified atom stereocenters. The maximum Gasteiger partial charge on any atom is 0.251 e. The van der Waals surface area contributed by atoms with Crippen LogP contribution in [0, 0.1) is 17.2 Å². The summed E-state index contributed by atoms with van der Waals surface area (Å²) in [6.45, 7) is 1.20. The van der Waals surface area contributed by atoms with E-state index in [1.165, 1.54) is 18.3 Å². The summed E-state index contributed by atoms with van der Waals surface area (Å²) in [6.07, 6.45) is 0. The van der Waals surface area contributed by atoms with Crippen molar-refractivity contribution in [2.45, 2.75) is 6.92 Å². The molecule has 0 saturated carbocycles. The largest absolute Gasteiger partial charge is 0.300 e. The molecule has 19 heavy (non-hydrogen) atoms. The van der Waals surface area contributed by atoms with Crippen molar-refractivity contribution >= 4 is 50.0 Å². The Balaban J connectivity index is 2.27. The van der Waals surface area contributed by atoms with Gasteiger partial charge in [-0.1, -0.05) is 29.0 Å². The summed E-state index contributed by atoms with van der Waals surface area (Å²) in [7, 11) is 0. The van der Waals surface area contributed by atoms with Gasteiger partial charge in [0.25, 0.3) is 5.91 Å². The maximum atomic E-state index is 11.7. The van der Waals surface area contributed by atoms with Crippen LogP contribution >= 0.6 is 22.9 Å². The van der Waals surface area contributed by atoms with E-state index in [4.69, 9.17) is 16.9 Å². The number of nitrogens with one attached hydrogen (secondary N) is 1. The lowest BCUT2D eigenvalue weighted by Crippen LogP contribution is -2.26. The molecule has 1 atom stereocenters. The number of halogens is 1. The predicted octanol–water partition coefficient (Wildman–Crippen LogP) is 2.62. The molecule has 2 rings (SSSR count). The molecule has 1 amide bonds. The van der Waals surface area contributed by atoms with Gasteiger partial charge in [0.1, 0.15) is 5.52 Å². The quantitative estimate of drug-likeness (QED) is 0.882. The smallest absolute Gasteiger partial charge is 0.251 e. The van der Waals surface area contributed by atoms with Crippen molar-refractivity contribution in [3.05, 3.63) is 23.2 Å². The molecular weight excluding hydrogens is 286 g/mol. The van der Waals surface area contributed by atoms with Crippen molar-refractivity contribution in [3.8, 4) is 6.07 Å². The number of ketones is 1. The highest BCUT2D eigenvalue weighted by molar-refractivity contribution is 7.22. The standard InChI is InChI=1S/C12H8ClN3O2S/c1-6(17)7(5-14)11(18)16-12-15-10-8(13)3-2-4-9(10)19-12/h2-4,7H,1H3,(H,15,16,18). The Morgan fingerprint density at radius 2 is 2.26 bits per heavy atom. The number of nitriles is 1. The van der Waals surface area contributed by atoms with Gasteiger partial charge in [0.05, 0.1) is 15.8 Å². The molecule has 0 fully saturated rings. The van der Waals surface area contributed by atoms with Crippen molar-refractivity contribution in [2.75, 3.05) is 5.32 Å². The SMILES string of the molecule is CC(=O)C(C#N)C(=O)Nc1nc2c(Cl)cccc2s1. The van der Waals surface area contributed by atoms with E-state index in [2.05, 4.69) is 10.3 Å². The van der Waals surface area contributed by atoms with E-state index < -0.39 is 17.6 Å². The molecule has 0 aliphatic heterocycles. The monoisotopic (exact) mass is 293 g/mol. The Morgan fingerprint density at radius 3 is 2.84 bits per heavy atom. The first-order chi connectivity index (χ1) is 9.02. The first-order valence-electron chi connectivity index (χ1n) is 5.29. The summed E-state index contributed by atoms with van der Waals surface area (Å²) >= 11 is 7.20. The van der Waals surface area contributed by atoms with Crippen molar-refractivity contribution < 1.29 is 9.59 Å². The normalized spacial score (nSPS) is 11.8. The van der Waals surface area contributed by atoms with E-state index in [0.29, 0.717) is 15.7 Å². The number of Topliss-reactive ketones (excluding diaryl/α,β-unsaturated/α-hetero) is 1. The molecule has 0 spiro atoms. The molecule has 1 heterocycles. The number of para-hydroxylation sites is 1. The van der Waals surface area contributed by atoms with Crippen LogP contribution in [0.4, 0.5) is 5.13 Å². The molecule has 1 N–H and O–H groups in total. The second-order valence-electron chi connectivity index (χ2n) is 3.77. The van der Waals surface area contributed by atoms with Crippen molar-refractivity contribution in [2.24, 2.45) is 5.92 Å². The molecule has 0 aliphatic carbocycles. The Hall–Kier alpha value is -1.97. The second-order valence-corrected chi connectivity index (χ2v) is 5.21. The van der Waals surface area contributed by atoms with Gasteiger partial charge in [0.15, 0.2) is 16.8 Å². The van der Waals surface area contributed by atoms with Crippen LogP contribution in [-0.2, 0) is 9.59 Å². The van der Waals surface area contributed by atoms with Crippen LogP contribution in [0.15, 0.2) is 18.2 Å². The zero-order chi connectivity index (χ0) is 14.0. The van der Waals surface area contributed by atoms with Gasteiger partial charge >= 0.3 is 0 Å². The average Bonchev–Trinajstić information content (AvgIpc) is 2.73. The number of aromatic nitrogens is 1. The Labute approximate surface area is 117 Å². The molecule has 2 aromatic rings. The van der Waals surface area contributed by atoms with Crippen LogP contribution in [-0.4, -0.2) is 16.7 Å². The van der Waals surface area contributed by atoms with Gasteiger partial charge in [-0.05, 0) is 19.1 Å². The summed E-state index contributed by atoms with van der Waals surface area (Å²) in [6, 6.07) is 6.95. The topological polar surface area (TPSA) is 82.8 Å². The van der Waals surface area contributed by atoms with Gasteiger partial charge in [-0.2, -0.15) is 5.26 Å². The molecule has 7 heteroatoms. The molecular formula is C12H8ClN3O2S. The van der Waals surface area contributed by atoms with Gasteiger partial charge < -0.3 is 5.32 Å². The maximum absolute atomic E-state index is 11.7. The van der Waals surface area contributed by atoms with Crippen molar-refractivity contribution in [3.63, 3.8) is 0 Å². The average molecular weight is 294 g/mol. The Kier molecular flexibility index (Phi) is 3.79. The number of anilines is 1. The highest BCUT2D eigenvalue weighted by Gasteiger charge is 2.23. The highest BCUT2D eigenvalue weighted by atomic mass is 35.5. The van der Waals surface area contributed by atoms with Gasteiger partial charge in [0.2, 0.25) is 0 Å². The summed E-state index contributed by atoms with van der Waals surface area (Å²) in [5, 5.41) is 12.0. The van der Waals surface area contributed by atoms with E-state index in [1.807, 2.05) is 6.07 Å². The van der Waals surface area contributed by atoms with Crippen LogP contribution in [0.25, 0.3) is 10.2 Å². The molecule has 1 aromatic heterocycles. The fraction of sp³-hybridized carbons (Fsp3) is 0.167. The number of amides is 1. The van der Waals surface area contributed by atoms with Crippen LogP contribution in [0.2, 0.25) is 5.02 Å². The number of rotatable bonds is 3. The minimum atomic E-state index is -1.32. The van der Waals surface area contributed by atoms with E-state index in [-0.39, 0.29) is 0 Å². The van der Waals surface area contributed by atoms with Crippen LogP contribution < -0.4 is 5.32 Å². The van der Waals surface area contributed by atoms with Crippen molar-refractivity contribution in [1.29, 1.82) is 5.26 Å². The van der Waals surface area contributed by atoms with Crippen molar-refractivity contribution in [1.82, 2.24) is 4.98 Å². The fourth-order valence-electron chi connectivity index (χ4n) is 1.48. The third-order valence-corrected chi connectivity index (χ3v) is 3.64. The van der Waals surface area contributed by atoms with E-state index in [0.717, 1.165) is 4.70 Å². The molecule has 5 nitrogen and oxygen atoms in total. The number of hydrogen-bond acceptors (Lipinski definition) is 5. The van der Waals surface area contributed by atoms with E-state index >= 15 is 0 Å². The third-order valence-electron chi connectivity index (χ3n) is 2.40. The number of thiazole rings is 1. The van der Waals surface area contributed by atoms with Gasteiger partial charge in [0, 0.05) is 0 Å². The van der Waals surface area contributed by atoms with E-state index in [1.54, 1.807) is 18.2 Å². The van der Waals surface area contributed by atoms with Gasteiger partial charge in [-0.25, -0.2) is 4.98 Å². The Morgan fingerprint density at radius 1 is 1.53 bits per heavy atom. The molecule has 0 radical (unpaired) electrons. The molecule has 0 aliphatic rings. The molecule has 0 saturated heterocycles. The number of fused-ring (bicyclic) bond motifs is 1. The van der Waals surface area contributed by atoms with Crippen LogP contribution in [0.1, 0.15) is 6.92 Å². The molecule has 96 valence electrons. The summed E-state index contributed by atoms with van der Waals surface area (Å²) in [5.41, 5.74) is 0.584. The lowest BCUT2D eigenvalue weighted by Gasteiger charge is -2.03. The predicted molar refractivity (Wildman–Crippen MR) is 73.0 cm³/mol. The first-order valence-corrected chi connectivity index (χ1v) is 6.48.